The Hall–Kier alpha value is -0.770. The van der Waals surface area contributed by atoms with Gasteiger partial charge in [0.2, 0.25) is 0 Å². The van der Waals surface area contributed by atoms with Crippen LogP contribution in [0.2, 0.25) is 0 Å². The molecule has 0 radical (unpaired) electrons. The van der Waals surface area contributed by atoms with Gasteiger partial charge in [0.05, 0.1) is 0 Å². The summed E-state index contributed by atoms with van der Waals surface area (Å²) < 4.78 is 0. The van der Waals surface area contributed by atoms with Gasteiger partial charge in [-0.3, -0.25) is 0 Å². The number of nitrogens with two attached hydrogens (primary N) is 1. The molecule has 1 fully saturated rings. The smallest absolute Gasteiger partial charge is 0.143 e. The van der Waals surface area contributed by atoms with Gasteiger partial charge in [-0.1, -0.05) is 12.1 Å². The van der Waals surface area contributed by atoms with Gasteiger partial charge in [0, 0.05) is 12.5 Å². The van der Waals surface area contributed by atoms with Crippen LogP contribution in [0, 0.1) is 5.92 Å². The maximum absolute atomic E-state index is 8.55. The molecule has 1 heterocycles. The number of hydrogen-bond donors (Lipinski definition) is 2. The van der Waals surface area contributed by atoms with Crippen molar-refractivity contribution in [1.29, 1.82) is 0 Å². The molecule has 0 bridgehead atoms. The van der Waals surface area contributed by atoms with Crippen molar-refractivity contribution in [3.63, 3.8) is 0 Å². The first-order chi connectivity index (χ1) is 6.27. The molecule has 1 rings (SSSR count). The summed E-state index contributed by atoms with van der Waals surface area (Å²) in [4.78, 5) is 2.38. The van der Waals surface area contributed by atoms with E-state index in [1.165, 1.54) is 6.42 Å². The van der Waals surface area contributed by atoms with E-state index in [0.29, 0.717) is 5.84 Å². The lowest BCUT2D eigenvalue weighted by atomic mass is 9.97. The molecule has 76 valence electrons. The van der Waals surface area contributed by atoms with E-state index in [2.05, 4.69) is 17.0 Å². The van der Waals surface area contributed by atoms with Gasteiger partial charge in [-0.2, -0.15) is 0 Å². The topological polar surface area (TPSA) is 61.8 Å². The molecule has 0 aromatic rings. The van der Waals surface area contributed by atoms with Crippen LogP contribution in [-0.4, -0.2) is 35.6 Å². The van der Waals surface area contributed by atoms with Gasteiger partial charge in [0.25, 0.3) is 0 Å². The lowest BCUT2D eigenvalue weighted by Gasteiger charge is -2.31. The van der Waals surface area contributed by atoms with Crippen LogP contribution in [0.1, 0.15) is 26.2 Å². The summed E-state index contributed by atoms with van der Waals surface area (Å²) in [5, 5.41) is 11.6. The van der Waals surface area contributed by atoms with Crippen LogP contribution in [0.4, 0.5) is 0 Å². The van der Waals surface area contributed by atoms with Crippen molar-refractivity contribution in [2.75, 3.05) is 19.6 Å². The number of amidine groups is 1. The Morgan fingerprint density at radius 3 is 3.08 bits per heavy atom. The van der Waals surface area contributed by atoms with Crippen LogP contribution in [-0.2, 0) is 0 Å². The monoisotopic (exact) mass is 185 g/mol. The largest absolute Gasteiger partial charge is 0.409 e. The van der Waals surface area contributed by atoms with Gasteiger partial charge in [-0.15, -0.1) is 0 Å². The summed E-state index contributed by atoms with van der Waals surface area (Å²) in [7, 11) is 0. The van der Waals surface area contributed by atoms with Crippen molar-refractivity contribution in [3.05, 3.63) is 0 Å². The molecule has 0 aromatic carbocycles. The predicted octanol–water partition coefficient (Wildman–Crippen LogP) is 0.855. The zero-order valence-corrected chi connectivity index (χ0v) is 8.24. The zero-order valence-electron chi connectivity index (χ0n) is 8.24. The first-order valence-corrected chi connectivity index (χ1v) is 4.97. The van der Waals surface area contributed by atoms with Gasteiger partial charge >= 0.3 is 0 Å². The Morgan fingerprint density at radius 2 is 2.46 bits per heavy atom. The highest BCUT2D eigenvalue weighted by Crippen LogP contribution is 2.16. The number of hydrogen-bond acceptors (Lipinski definition) is 3. The van der Waals surface area contributed by atoms with Crippen molar-refractivity contribution in [1.82, 2.24) is 4.90 Å². The molecule has 0 amide bonds. The van der Waals surface area contributed by atoms with E-state index in [0.717, 1.165) is 32.5 Å². The standard InChI is InChI=1S/C9H19N3O/c1-2-5-12-6-3-4-8(7-12)9(10)11-13/h8,13H,2-7H2,1H3,(H2,10,11). The number of nitrogens with zero attached hydrogens (tertiary/aromatic N) is 2. The summed E-state index contributed by atoms with van der Waals surface area (Å²) >= 11 is 0. The molecule has 4 nitrogen and oxygen atoms in total. The van der Waals surface area contributed by atoms with E-state index < -0.39 is 0 Å². The van der Waals surface area contributed by atoms with E-state index in [4.69, 9.17) is 10.9 Å². The van der Waals surface area contributed by atoms with Gasteiger partial charge in [0.1, 0.15) is 5.84 Å². The molecule has 13 heavy (non-hydrogen) atoms. The minimum Gasteiger partial charge on any atom is -0.409 e. The van der Waals surface area contributed by atoms with E-state index in [1.54, 1.807) is 0 Å². The molecule has 0 spiro atoms. The van der Waals surface area contributed by atoms with Crippen LogP contribution in [0.15, 0.2) is 5.16 Å². The average molecular weight is 185 g/mol. The van der Waals surface area contributed by atoms with Crippen LogP contribution in [0.5, 0.6) is 0 Å². The second kappa shape index (κ2) is 5.07. The fraction of sp³-hybridized carbons (Fsp3) is 0.889. The maximum Gasteiger partial charge on any atom is 0.143 e. The molecule has 1 aliphatic heterocycles. The molecule has 4 heteroatoms. The zero-order chi connectivity index (χ0) is 9.68. The second-order valence-electron chi connectivity index (χ2n) is 3.66. The summed E-state index contributed by atoms with van der Waals surface area (Å²) in [6, 6.07) is 0. The Bertz CT molecular complexity index is 180. The fourth-order valence-electron chi connectivity index (χ4n) is 1.90. The SMILES string of the molecule is CCCN1CCCC(C(N)=NO)C1. The number of rotatable bonds is 3. The summed E-state index contributed by atoms with van der Waals surface area (Å²) in [6.07, 6.45) is 3.37. The molecule has 1 saturated heterocycles. The number of piperidine rings is 1. The van der Waals surface area contributed by atoms with Crippen molar-refractivity contribution < 1.29 is 5.21 Å². The quantitative estimate of drug-likeness (QED) is 0.296. The summed E-state index contributed by atoms with van der Waals surface area (Å²) in [6.45, 7) is 5.40. The molecule has 0 saturated carbocycles. The van der Waals surface area contributed by atoms with Crippen LogP contribution >= 0.6 is 0 Å². The van der Waals surface area contributed by atoms with Crippen molar-refractivity contribution in [2.45, 2.75) is 26.2 Å². The van der Waals surface area contributed by atoms with Crippen LogP contribution in [0.3, 0.4) is 0 Å². The highest BCUT2D eigenvalue weighted by atomic mass is 16.4. The second-order valence-corrected chi connectivity index (χ2v) is 3.66. The van der Waals surface area contributed by atoms with Crippen molar-refractivity contribution in [2.24, 2.45) is 16.8 Å². The van der Waals surface area contributed by atoms with E-state index in [-0.39, 0.29) is 5.92 Å². The highest BCUT2D eigenvalue weighted by Gasteiger charge is 2.22. The predicted molar refractivity (Wildman–Crippen MR) is 52.9 cm³/mol. The van der Waals surface area contributed by atoms with Gasteiger partial charge in [0.15, 0.2) is 0 Å². The Labute approximate surface area is 79.4 Å². The molecule has 0 aliphatic carbocycles. The minimum atomic E-state index is 0.255. The average Bonchev–Trinajstić information content (AvgIpc) is 2.18. The molecule has 0 aromatic heterocycles. The third-order valence-electron chi connectivity index (χ3n) is 2.58. The normalized spacial score (nSPS) is 26.2. The van der Waals surface area contributed by atoms with E-state index >= 15 is 0 Å². The summed E-state index contributed by atoms with van der Waals surface area (Å²) in [5.41, 5.74) is 5.58. The number of likely N-dealkylation sites (tertiary alicyclic amines) is 1. The molecular formula is C9H19N3O. The summed E-state index contributed by atoms with van der Waals surface area (Å²) in [5.74, 6) is 0.645. The fourth-order valence-corrected chi connectivity index (χ4v) is 1.90. The van der Waals surface area contributed by atoms with Crippen molar-refractivity contribution in [3.8, 4) is 0 Å². The third kappa shape index (κ3) is 2.88. The molecule has 1 atom stereocenters. The highest BCUT2D eigenvalue weighted by molar-refractivity contribution is 5.82. The van der Waals surface area contributed by atoms with Gasteiger partial charge < -0.3 is 15.8 Å². The van der Waals surface area contributed by atoms with Crippen LogP contribution < -0.4 is 5.73 Å². The maximum atomic E-state index is 8.55. The molecule has 3 N–H and O–H groups in total. The molecule has 1 aliphatic rings. The number of oxime groups is 1. The van der Waals surface area contributed by atoms with Crippen molar-refractivity contribution >= 4 is 5.84 Å². The molecule has 1 unspecified atom stereocenters. The lowest BCUT2D eigenvalue weighted by Crippen LogP contribution is -2.41. The molecular weight excluding hydrogens is 166 g/mol. The Morgan fingerprint density at radius 1 is 1.69 bits per heavy atom. The minimum absolute atomic E-state index is 0.255. The van der Waals surface area contributed by atoms with E-state index in [9.17, 15) is 0 Å². The van der Waals surface area contributed by atoms with Gasteiger partial charge in [-0.05, 0) is 32.4 Å². The van der Waals surface area contributed by atoms with Crippen LogP contribution in [0.25, 0.3) is 0 Å². The lowest BCUT2D eigenvalue weighted by molar-refractivity contribution is 0.200. The van der Waals surface area contributed by atoms with Gasteiger partial charge in [-0.25, -0.2) is 0 Å². The first kappa shape index (κ1) is 10.3. The first-order valence-electron chi connectivity index (χ1n) is 4.97. The third-order valence-corrected chi connectivity index (χ3v) is 2.58. The van der Waals surface area contributed by atoms with E-state index in [1.807, 2.05) is 0 Å². The Kier molecular flexibility index (Phi) is 4.02. The Balaban J connectivity index is 2.41.